The number of anilines is 1. The lowest BCUT2D eigenvalue weighted by Gasteiger charge is -2.47. The molecule has 13 atom stereocenters. The van der Waals surface area contributed by atoms with Gasteiger partial charge in [-0.25, -0.2) is 14.0 Å². The number of hydrogen-bond donors (Lipinski definition) is 2. The van der Waals surface area contributed by atoms with Gasteiger partial charge in [0.05, 0.1) is 30.0 Å². The van der Waals surface area contributed by atoms with Crippen LogP contribution in [-0.2, 0) is 39.8 Å². The first-order valence-electron chi connectivity index (χ1n) is 21.7. The molecule has 4 heterocycles. The molecule has 0 saturated carbocycles. The Bertz CT molecular complexity index is 1830. The number of nitrogen functional groups attached to an aromatic ring is 1. The molecule has 1 aromatic heterocycles. The van der Waals surface area contributed by atoms with Crippen LogP contribution in [0.25, 0.3) is 11.3 Å². The largest absolute Gasteiger partial charge is 0.455 e. The van der Waals surface area contributed by atoms with E-state index in [0.717, 1.165) is 12.5 Å². The first-order valence-corrected chi connectivity index (χ1v) is 21.7. The lowest BCUT2D eigenvalue weighted by atomic mass is 9.77. The number of rotatable bonds is 11. The zero-order valence-corrected chi connectivity index (χ0v) is 38.2. The Morgan fingerprint density at radius 3 is 2.41 bits per heavy atom. The van der Waals surface area contributed by atoms with Crippen LogP contribution in [-0.4, -0.2) is 160 Å². The van der Waals surface area contributed by atoms with E-state index in [4.69, 9.17) is 29.4 Å². The Morgan fingerprint density at radius 1 is 1.08 bits per heavy atom. The van der Waals surface area contributed by atoms with Gasteiger partial charge in [0.1, 0.15) is 17.9 Å². The van der Waals surface area contributed by atoms with Crippen molar-refractivity contribution in [3.05, 3.63) is 30.5 Å². The van der Waals surface area contributed by atoms with Crippen molar-refractivity contribution in [1.82, 2.24) is 29.7 Å². The maximum Gasteiger partial charge on any atom is 0.410 e. The number of nitrogens with zero attached hydrogens (tertiary/aromatic N) is 6. The van der Waals surface area contributed by atoms with Gasteiger partial charge in [-0.2, -0.15) is 0 Å². The number of alkyl halides is 1. The smallest absolute Gasteiger partial charge is 0.410 e. The number of likely N-dealkylation sites (N-methyl/N-ethyl adjacent to an activating group) is 2. The molecule has 0 aliphatic carbocycles. The fraction of sp³-hybridized carbons (Fsp3) is 0.750. The number of unbranched alkanes of at least 4 members (excludes halogenated alkanes) is 1. The summed E-state index contributed by atoms with van der Waals surface area (Å²) in [6.45, 7) is 15.0. The normalized spacial score (nSPS) is 37.2. The molecule has 2 unspecified atom stereocenters. The van der Waals surface area contributed by atoms with E-state index in [-0.39, 0.29) is 30.5 Å². The molecule has 3 fully saturated rings. The van der Waals surface area contributed by atoms with Crippen molar-refractivity contribution in [3.8, 4) is 11.3 Å². The number of aryl methyl sites for hydroxylation is 1. The Kier molecular flexibility index (Phi) is 15.3. The van der Waals surface area contributed by atoms with Gasteiger partial charge in [-0.05, 0) is 106 Å². The van der Waals surface area contributed by atoms with Gasteiger partial charge in [0.25, 0.3) is 5.67 Å². The molecule has 3 aliphatic rings. The minimum absolute atomic E-state index is 0.101. The molecular formula is C44H70FN7O9. The van der Waals surface area contributed by atoms with Gasteiger partial charge in [0.15, 0.2) is 17.7 Å². The number of ketones is 1. The van der Waals surface area contributed by atoms with Crippen LogP contribution in [0.3, 0.4) is 0 Å². The number of amides is 1. The van der Waals surface area contributed by atoms with Crippen LogP contribution in [0.15, 0.2) is 30.5 Å². The van der Waals surface area contributed by atoms with E-state index in [1.807, 2.05) is 70.4 Å². The number of methoxy groups -OCH3 is 1. The molecule has 3 aliphatic heterocycles. The van der Waals surface area contributed by atoms with Crippen molar-refractivity contribution < 1.29 is 47.6 Å². The van der Waals surface area contributed by atoms with Gasteiger partial charge in [-0.15, -0.1) is 5.10 Å². The minimum atomic E-state index is -3.13. The lowest BCUT2D eigenvalue weighted by Crippen LogP contribution is -2.61. The standard InChI is InChI=1S/C44H70FN7O9/c1-13-34-44(8)36(52(41(56)61-44)20-15-14-19-51-25-32(47-48-51)30-17-16-18-31(46)22-30)29(5)50(11)24-26(2)23-42(6,57-12)38(28(4)37(54)43(7,45)40(55)59-34)60-39-35(53)33(49(9)10)21-27(3)58-39/h16-18,22,25-29,33-36,38-39,53H,13-15,19-21,23-24,46H2,1-12H3/t26-,27-,28+,29-,33?,34-,35?,36-,38-,39+,42-,43+,44-/m1/s1. The molecule has 1 aromatic carbocycles. The third-order valence-corrected chi connectivity index (χ3v) is 13.3. The molecule has 342 valence electrons. The topological polar surface area (TPSA) is 184 Å². The highest BCUT2D eigenvalue weighted by molar-refractivity contribution is 6.07. The molecule has 5 rings (SSSR count). The molecule has 1 amide bonds. The van der Waals surface area contributed by atoms with Crippen molar-refractivity contribution in [2.45, 2.75) is 160 Å². The molecule has 16 nitrogen and oxygen atoms in total. The van der Waals surface area contributed by atoms with Crippen molar-refractivity contribution >= 4 is 23.5 Å². The summed E-state index contributed by atoms with van der Waals surface area (Å²) < 4.78 is 49.8. The maximum atomic E-state index is 17.0. The summed E-state index contributed by atoms with van der Waals surface area (Å²) >= 11 is 0. The number of aliphatic hydroxyl groups is 1. The van der Waals surface area contributed by atoms with Crippen LogP contribution < -0.4 is 5.73 Å². The van der Waals surface area contributed by atoms with Gasteiger partial charge in [-0.1, -0.05) is 38.1 Å². The third-order valence-electron chi connectivity index (χ3n) is 13.3. The molecule has 2 aromatic rings. The molecule has 61 heavy (non-hydrogen) atoms. The number of hydrogen-bond acceptors (Lipinski definition) is 14. The Hall–Kier alpha value is -3.74. The Balaban J connectivity index is 1.43. The second-order valence-corrected chi connectivity index (χ2v) is 18.5. The second kappa shape index (κ2) is 19.3. The summed E-state index contributed by atoms with van der Waals surface area (Å²) in [6, 6.07) is 6.14. The SMILES string of the molecule is CC[C@H]1OC(=O)[C@@](C)(F)C(=O)[C@H](C)[C@@H](O[C@@H]2O[C@H](C)CC(N(C)C)C2O)[C@](C)(OC)C[C@@H](C)CN(C)[C@H](C)[C@H]2N(CCCCn3cc(-c4cccc(N)c4)nn3)C(=O)O[C@]12C. The van der Waals surface area contributed by atoms with E-state index < -0.39 is 71.3 Å². The number of Topliss-reactive ketones (excluding diaryl/α,β-unsaturated/α-hetero) is 1. The van der Waals surface area contributed by atoms with Crippen molar-refractivity contribution in [2.75, 3.05) is 47.1 Å². The number of cyclic esters (lactones) is 1. The van der Waals surface area contributed by atoms with E-state index >= 15 is 4.39 Å². The summed E-state index contributed by atoms with van der Waals surface area (Å²) in [4.78, 5) is 48.0. The van der Waals surface area contributed by atoms with Crippen LogP contribution in [0.4, 0.5) is 14.9 Å². The van der Waals surface area contributed by atoms with Gasteiger partial charge >= 0.3 is 12.1 Å². The predicted molar refractivity (Wildman–Crippen MR) is 227 cm³/mol. The van der Waals surface area contributed by atoms with E-state index in [1.54, 1.807) is 30.4 Å². The summed E-state index contributed by atoms with van der Waals surface area (Å²) in [7, 11) is 7.19. The molecule has 0 radical (unpaired) electrons. The number of carbonyl (C=O) groups is 3. The molecule has 3 saturated heterocycles. The summed E-state index contributed by atoms with van der Waals surface area (Å²) in [5, 5.41) is 20.0. The number of esters is 1. The van der Waals surface area contributed by atoms with E-state index in [0.29, 0.717) is 56.7 Å². The van der Waals surface area contributed by atoms with Crippen molar-refractivity contribution in [3.63, 3.8) is 0 Å². The van der Waals surface area contributed by atoms with Gasteiger partial charge in [-0.3, -0.25) is 14.4 Å². The van der Waals surface area contributed by atoms with E-state index in [9.17, 15) is 19.5 Å². The number of benzene rings is 1. The van der Waals surface area contributed by atoms with Gasteiger partial charge < -0.3 is 44.3 Å². The average Bonchev–Trinajstić information content (AvgIpc) is 3.78. The third kappa shape index (κ3) is 10.2. The van der Waals surface area contributed by atoms with Crippen LogP contribution in [0.2, 0.25) is 0 Å². The number of aromatic nitrogens is 3. The molecular weight excluding hydrogens is 790 g/mol. The fourth-order valence-corrected chi connectivity index (χ4v) is 9.82. The lowest BCUT2D eigenvalue weighted by molar-refractivity contribution is -0.295. The number of nitrogens with two attached hydrogens (primary N) is 1. The van der Waals surface area contributed by atoms with E-state index in [1.165, 1.54) is 14.0 Å². The first-order chi connectivity index (χ1) is 28.6. The highest BCUT2D eigenvalue weighted by Crippen LogP contribution is 2.42. The molecule has 3 N–H and O–H groups in total. The maximum absolute atomic E-state index is 17.0. The summed E-state index contributed by atoms with van der Waals surface area (Å²) in [5.41, 5.74) is 2.38. The van der Waals surface area contributed by atoms with Gasteiger partial charge in [0.2, 0.25) is 0 Å². The first kappa shape index (κ1) is 48.3. The number of carbonyl (C=O) groups excluding carboxylic acids is 3. The highest BCUT2D eigenvalue weighted by Gasteiger charge is 2.61. The monoisotopic (exact) mass is 860 g/mol. The van der Waals surface area contributed by atoms with E-state index in [2.05, 4.69) is 22.1 Å². The number of halogens is 1. The molecule has 17 heteroatoms. The summed E-state index contributed by atoms with van der Waals surface area (Å²) in [5.74, 6) is -3.84. The summed E-state index contributed by atoms with van der Waals surface area (Å²) in [6.07, 6.45) is -1.22. The number of aliphatic hydroxyl groups excluding tert-OH is 1. The fourth-order valence-electron chi connectivity index (χ4n) is 9.82. The zero-order valence-electron chi connectivity index (χ0n) is 38.2. The molecule has 0 bridgehead atoms. The van der Waals surface area contributed by atoms with Crippen LogP contribution >= 0.6 is 0 Å². The minimum Gasteiger partial charge on any atom is -0.455 e. The van der Waals surface area contributed by atoms with Crippen molar-refractivity contribution in [1.29, 1.82) is 0 Å². The Labute approximate surface area is 360 Å². The average molecular weight is 860 g/mol. The predicted octanol–water partition coefficient (Wildman–Crippen LogP) is 4.72. The molecule has 0 spiro atoms. The Morgan fingerprint density at radius 2 is 1.77 bits per heavy atom. The quantitative estimate of drug-likeness (QED) is 0.137. The zero-order chi connectivity index (χ0) is 45.2. The second-order valence-electron chi connectivity index (χ2n) is 18.5. The number of ether oxygens (including phenoxy) is 5. The van der Waals surface area contributed by atoms with Crippen LogP contribution in [0.1, 0.15) is 87.5 Å². The van der Waals surface area contributed by atoms with Crippen molar-refractivity contribution in [2.24, 2.45) is 11.8 Å². The highest BCUT2D eigenvalue weighted by atomic mass is 19.1. The van der Waals surface area contributed by atoms with Crippen LogP contribution in [0.5, 0.6) is 0 Å². The number of fused-ring (bicyclic) bond motifs is 1. The van der Waals surface area contributed by atoms with Crippen LogP contribution in [0, 0.1) is 11.8 Å². The van der Waals surface area contributed by atoms with Gasteiger partial charge in [0, 0.05) is 56.0 Å².